The smallest absolute Gasteiger partial charge is 0.0346 e. The first-order chi connectivity index (χ1) is 5.52. The second-order valence-electron chi connectivity index (χ2n) is 3.88. The molecule has 0 aliphatic heterocycles. The van der Waals surface area contributed by atoms with Gasteiger partial charge in [0.15, 0.2) is 0 Å². The van der Waals surface area contributed by atoms with Crippen LogP contribution in [0.4, 0.5) is 0 Å². The van der Waals surface area contributed by atoms with Crippen LogP contribution in [0.15, 0.2) is 30.3 Å². The molecule has 0 spiro atoms. The Morgan fingerprint density at radius 2 is 1.75 bits per heavy atom. The molecule has 1 aromatic carbocycles. The van der Waals surface area contributed by atoms with Crippen LogP contribution in [0.5, 0.6) is 0 Å². The SMILES string of the molecule is [CH2]C(C)(C)C(N)c1ccccc1. The standard InChI is InChI=1S/C11H16N/c1-11(2,3)10(12)9-7-5-4-6-8-9/h4-8,10H,1,12H2,2-3H3. The van der Waals surface area contributed by atoms with Crippen molar-refractivity contribution in [1.82, 2.24) is 0 Å². The van der Waals surface area contributed by atoms with Crippen molar-refractivity contribution in [3.8, 4) is 0 Å². The molecule has 0 fully saturated rings. The van der Waals surface area contributed by atoms with Gasteiger partial charge in [-0.15, -0.1) is 0 Å². The van der Waals surface area contributed by atoms with Gasteiger partial charge in [-0.25, -0.2) is 0 Å². The molecule has 1 rings (SSSR count). The highest BCUT2D eigenvalue weighted by molar-refractivity contribution is 5.20. The summed E-state index contributed by atoms with van der Waals surface area (Å²) in [5.74, 6) is 0. The first-order valence-corrected chi connectivity index (χ1v) is 4.17. The van der Waals surface area contributed by atoms with Crippen molar-refractivity contribution in [3.05, 3.63) is 42.8 Å². The quantitative estimate of drug-likeness (QED) is 0.710. The lowest BCUT2D eigenvalue weighted by Crippen LogP contribution is -2.26. The summed E-state index contributed by atoms with van der Waals surface area (Å²) in [7, 11) is 0. The maximum Gasteiger partial charge on any atom is 0.0346 e. The van der Waals surface area contributed by atoms with Crippen molar-refractivity contribution in [2.45, 2.75) is 19.9 Å². The third-order valence-corrected chi connectivity index (χ3v) is 2.00. The molecule has 65 valence electrons. The normalized spacial score (nSPS) is 14.3. The van der Waals surface area contributed by atoms with E-state index in [0.717, 1.165) is 5.56 Å². The lowest BCUT2D eigenvalue weighted by Gasteiger charge is -2.27. The fraction of sp³-hybridized carbons (Fsp3) is 0.364. The zero-order valence-electron chi connectivity index (χ0n) is 7.75. The molecule has 0 aliphatic carbocycles. The molecule has 0 saturated heterocycles. The summed E-state index contributed by atoms with van der Waals surface area (Å²) in [6.45, 7) is 8.11. The predicted molar refractivity (Wildman–Crippen MR) is 52.5 cm³/mol. The van der Waals surface area contributed by atoms with E-state index in [9.17, 15) is 0 Å². The van der Waals surface area contributed by atoms with Crippen LogP contribution in [0.3, 0.4) is 0 Å². The van der Waals surface area contributed by atoms with Gasteiger partial charge in [0.1, 0.15) is 0 Å². The Hall–Kier alpha value is -0.820. The van der Waals surface area contributed by atoms with Gasteiger partial charge in [-0.05, 0) is 17.9 Å². The van der Waals surface area contributed by atoms with Crippen LogP contribution in [0.25, 0.3) is 0 Å². The van der Waals surface area contributed by atoms with Crippen LogP contribution in [-0.2, 0) is 0 Å². The average Bonchev–Trinajstić information content (AvgIpc) is 2.03. The summed E-state index contributed by atoms with van der Waals surface area (Å²) in [5, 5.41) is 0. The molecule has 1 nitrogen and oxygen atoms in total. The summed E-state index contributed by atoms with van der Waals surface area (Å²) in [4.78, 5) is 0. The third kappa shape index (κ3) is 2.08. The highest BCUT2D eigenvalue weighted by Crippen LogP contribution is 2.29. The Bertz CT molecular complexity index is 233. The van der Waals surface area contributed by atoms with Crippen molar-refractivity contribution in [2.75, 3.05) is 0 Å². The van der Waals surface area contributed by atoms with Crippen molar-refractivity contribution in [1.29, 1.82) is 0 Å². The van der Waals surface area contributed by atoms with Gasteiger partial charge in [0.25, 0.3) is 0 Å². The Morgan fingerprint density at radius 3 is 2.17 bits per heavy atom. The van der Waals surface area contributed by atoms with E-state index in [1.807, 2.05) is 44.2 Å². The molecule has 0 aliphatic rings. The van der Waals surface area contributed by atoms with E-state index in [1.165, 1.54) is 0 Å². The second-order valence-corrected chi connectivity index (χ2v) is 3.88. The van der Waals surface area contributed by atoms with E-state index in [1.54, 1.807) is 0 Å². The molecule has 12 heavy (non-hydrogen) atoms. The van der Waals surface area contributed by atoms with Gasteiger partial charge in [0.05, 0.1) is 0 Å². The molecule has 0 amide bonds. The van der Waals surface area contributed by atoms with E-state index in [0.29, 0.717) is 0 Å². The Labute approximate surface area is 74.6 Å². The molecule has 0 saturated carbocycles. The zero-order valence-corrected chi connectivity index (χ0v) is 7.75. The minimum absolute atomic E-state index is 0.0127. The van der Waals surface area contributed by atoms with E-state index < -0.39 is 0 Å². The van der Waals surface area contributed by atoms with Crippen molar-refractivity contribution in [2.24, 2.45) is 11.1 Å². The van der Waals surface area contributed by atoms with E-state index in [4.69, 9.17) is 5.73 Å². The Balaban J connectivity index is 2.86. The minimum Gasteiger partial charge on any atom is -0.324 e. The highest BCUT2D eigenvalue weighted by atomic mass is 14.7. The van der Waals surface area contributed by atoms with E-state index in [2.05, 4.69) is 6.92 Å². The van der Waals surface area contributed by atoms with Crippen molar-refractivity contribution >= 4 is 0 Å². The molecule has 0 heterocycles. The Kier molecular flexibility index (Phi) is 2.53. The number of hydrogen-bond donors (Lipinski definition) is 1. The number of nitrogens with two attached hydrogens (primary N) is 1. The molecule has 0 bridgehead atoms. The largest absolute Gasteiger partial charge is 0.324 e. The lowest BCUT2D eigenvalue weighted by atomic mass is 9.83. The molecule has 1 radical (unpaired) electrons. The molecule has 0 aromatic heterocycles. The first kappa shape index (κ1) is 9.27. The van der Waals surface area contributed by atoms with Gasteiger partial charge >= 0.3 is 0 Å². The zero-order chi connectivity index (χ0) is 9.19. The highest BCUT2D eigenvalue weighted by Gasteiger charge is 2.21. The summed E-state index contributed by atoms with van der Waals surface area (Å²) in [6, 6.07) is 10.1. The van der Waals surface area contributed by atoms with Gasteiger partial charge in [-0.2, -0.15) is 0 Å². The molecule has 1 aromatic rings. The Morgan fingerprint density at radius 1 is 1.25 bits per heavy atom. The van der Waals surface area contributed by atoms with Gasteiger partial charge < -0.3 is 5.73 Å². The van der Waals surface area contributed by atoms with Gasteiger partial charge in [-0.3, -0.25) is 0 Å². The van der Waals surface area contributed by atoms with E-state index >= 15 is 0 Å². The fourth-order valence-corrected chi connectivity index (χ4v) is 1.11. The molecule has 1 atom stereocenters. The average molecular weight is 162 g/mol. The van der Waals surface area contributed by atoms with Gasteiger partial charge in [0, 0.05) is 6.04 Å². The van der Waals surface area contributed by atoms with E-state index in [-0.39, 0.29) is 11.5 Å². The topological polar surface area (TPSA) is 26.0 Å². The van der Waals surface area contributed by atoms with Crippen LogP contribution in [0, 0.1) is 12.3 Å². The number of benzene rings is 1. The predicted octanol–water partition coefficient (Wildman–Crippen LogP) is 2.55. The maximum absolute atomic E-state index is 6.01. The molecule has 1 unspecified atom stereocenters. The molecular formula is C11H16N. The fourth-order valence-electron chi connectivity index (χ4n) is 1.11. The monoisotopic (exact) mass is 162 g/mol. The van der Waals surface area contributed by atoms with Crippen LogP contribution in [0.1, 0.15) is 25.5 Å². The van der Waals surface area contributed by atoms with Crippen molar-refractivity contribution in [3.63, 3.8) is 0 Å². The first-order valence-electron chi connectivity index (χ1n) is 4.17. The third-order valence-electron chi connectivity index (χ3n) is 2.00. The summed E-state index contributed by atoms with van der Waals surface area (Å²) in [5.41, 5.74) is 7.05. The van der Waals surface area contributed by atoms with Crippen LogP contribution < -0.4 is 5.73 Å². The van der Waals surface area contributed by atoms with Gasteiger partial charge in [-0.1, -0.05) is 44.2 Å². The summed E-state index contributed by atoms with van der Waals surface area (Å²) in [6.07, 6.45) is 0. The molecule has 1 heteroatoms. The van der Waals surface area contributed by atoms with Crippen molar-refractivity contribution < 1.29 is 0 Å². The van der Waals surface area contributed by atoms with Crippen LogP contribution in [-0.4, -0.2) is 0 Å². The summed E-state index contributed by atoms with van der Waals surface area (Å²) >= 11 is 0. The molecular weight excluding hydrogens is 146 g/mol. The second kappa shape index (κ2) is 3.28. The maximum atomic E-state index is 6.01. The lowest BCUT2D eigenvalue weighted by molar-refractivity contribution is 0.376. The van der Waals surface area contributed by atoms with Crippen LogP contribution in [0.2, 0.25) is 0 Å². The number of rotatable bonds is 2. The van der Waals surface area contributed by atoms with Crippen LogP contribution >= 0.6 is 0 Å². The summed E-state index contributed by atoms with van der Waals surface area (Å²) < 4.78 is 0. The van der Waals surface area contributed by atoms with Gasteiger partial charge in [0.2, 0.25) is 0 Å². The number of hydrogen-bond acceptors (Lipinski definition) is 1. The minimum atomic E-state index is -0.110. The molecule has 2 N–H and O–H groups in total.